The van der Waals surface area contributed by atoms with Gasteiger partial charge in [-0.05, 0) is 6.92 Å². The first-order valence-corrected chi connectivity index (χ1v) is 3.23. The normalized spacial score (nSPS) is 16.6. The Morgan fingerprint density at radius 3 is 3.00 bits per heavy atom. The zero-order chi connectivity index (χ0) is 8.27. The Labute approximate surface area is 64.3 Å². The van der Waals surface area contributed by atoms with Crippen molar-refractivity contribution in [2.45, 2.75) is 13.3 Å². The summed E-state index contributed by atoms with van der Waals surface area (Å²) in [4.78, 5) is 9.81. The Morgan fingerprint density at radius 1 is 1.82 bits per heavy atom. The van der Waals surface area contributed by atoms with E-state index in [2.05, 4.69) is 4.74 Å². The van der Waals surface area contributed by atoms with E-state index in [1.54, 1.807) is 6.92 Å². The fourth-order valence-electron chi connectivity index (χ4n) is 0.899. The summed E-state index contributed by atoms with van der Waals surface area (Å²) in [5.41, 5.74) is 0.863. The van der Waals surface area contributed by atoms with E-state index in [9.17, 15) is 4.79 Å². The number of nitrogens with one attached hydrogen (secondary N) is 1. The van der Waals surface area contributed by atoms with Crippen molar-refractivity contribution in [2.75, 3.05) is 6.61 Å². The highest BCUT2D eigenvalue weighted by molar-refractivity contribution is 5.79. The van der Waals surface area contributed by atoms with Crippen LogP contribution in [0.2, 0.25) is 0 Å². The predicted molar refractivity (Wildman–Crippen MR) is 38.1 cm³/mol. The Balaban J connectivity index is 2.50. The molecule has 0 unspecified atom stereocenters. The summed E-state index contributed by atoms with van der Waals surface area (Å²) in [5.74, 6) is 0.892. The van der Waals surface area contributed by atoms with Gasteiger partial charge in [-0.25, -0.2) is 0 Å². The average Bonchev–Trinajstić information content (AvgIpc) is 2.26. The lowest BCUT2D eigenvalue weighted by atomic mass is 10.2. The van der Waals surface area contributed by atoms with Crippen molar-refractivity contribution in [1.29, 1.82) is 5.41 Å². The Bertz CT molecular complexity index is 220. The van der Waals surface area contributed by atoms with Gasteiger partial charge >= 0.3 is 0 Å². The molecule has 1 N–H and O–H groups in total. The average molecular weight is 155 g/mol. The molecule has 11 heavy (non-hydrogen) atoms. The molecule has 0 amide bonds. The monoisotopic (exact) mass is 155 g/mol. The molecule has 0 aromatic heterocycles. The Kier molecular flexibility index (Phi) is 2.25. The number of hydrogen-bond donors (Lipinski definition) is 1. The Morgan fingerprint density at radius 2 is 2.55 bits per heavy atom. The lowest BCUT2D eigenvalue weighted by Crippen LogP contribution is -1.96. The van der Waals surface area contributed by atoms with E-state index in [4.69, 9.17) is 10.1 Å². The van der Waals surface area contributed by atoms with Gasteiger partial charge in [-0.15, -0.1) is 0 Å². The van der Waals surface area contributed by atoms with Crippen molar-refractivity contribution in [2.24, 2.45) is 0 Å². The van der Waals surface area contributed by atoms with Crippen LogP contribution in [0.1, 0.15) is 13.3 Å². The van der Waals surface area contributed by atoms with Gasteiger partial charge in [-0.3, -0.25) is 10.2 Å². The Hall–Kier alpha value is -1.32. The van der Waals surface area contributed by atoms with Gasteiger partial charge in [0.1, 0.15) is 12.4 Å². The van der Waals surface area contributed by atoms with E-state index in [0.717, 1.165) is 5.57 Å². The topological polar surface area (TPSA) is 59.4 Å². The van der Waals surface area contributed by atoms with Crippen LogP contribution >= 0.6 is 0 Å². The minimum absolute atomic E-state index is 0.215. The SMILES string of the molecule is CC1=C(COC=O)CC(=N)O1. The van der Waals surface area contributed by atoms with Crippen LogP contribution in [0.15, 0.2) is 11.3 Å². The van der Waals surface area contributed by atoms with E-state index in [-0.39, 0.29) is 12.5 Å². The minimum atomic E-state index is 0.215. The fraction of sp³-hybridized carbons (Fsp3) is 0.429. The maximum absolute atomic E-state index is 9.81. The molecule has 1 heterocycles. The number of ether oxygens (including phenoxy) is 2. The molecular formula is C7H9NO3. The number of allylic oxidation sites excluding steroid dienone is 1. The van der Waals surface area contributed by atoms with Crippen LogP contribution in [0.5, 0.6) is 0 Å². The third-order valence-corrected chi connectivity index (χ3v) is 1.47. The molecule has 0 radical (unpaired) electrons. The number of rotatable bonds is 3. The largest absolute Gasteiger partial charge is 0.463 e. The molecule has 0 atom stereocenters. The summed E-state index contributed by atoms with van der Waals surface area (Å²) in [6.07, 6.45) is 0.458. The van der Waals surface area contributed by atoms with Crippen molar-refractivity contribution in [3.63, 3.8) is 0 Å². The van der Waals surface area contributed by atoms with Crippen LogP contribution in [0.25, 0.3) is 0 Å². The van der Waals surface area contributed by atoms with E-state index < -0.39 is 0 Å². The van der Waals surface area contributed by atoms with Crippen LogP contribution in [0, 0.1) is 5.41 Å². The molecule has 0 bridgehead atoms. The zero-order valence-electron chi connectivity index (χ0n) is 6.22. The first-order chi connectivity index (χ1) is 5.24. The highest BCUT2D eigenvalue weighted by Crippen LogP contribution is 2.19. The summed E-state index contributed by atoms with van der Waals surface area (Å²) < 4.78 is 9.46. The second kappa shape index (κ2) is 3.18. The minimum Gasteiger partial charge on any atom is -0.463 e. The molecule has 1 aliphatic rings. The summed E-state index contributed by atoms with van der Waals surface area (Å²) in [5, 5.41) is 7.14. The van der Waals surface area contributed by atoms with Gasteiger partial charge in [0.25, 0.3) is 6.47 Å². The number of hydrogen-bond acceptors (Lipinski definition) is 4. The molecule has 0 spiro atoms. The molecule has 1 aliphatic heterocycles. The second-order valence-electron chi connectivity index (χ2n) is 2.27. The van der Waals surface area contributed by atoms with Gasteiger partial charge in [-0.1, -0.05) is 0 Å². The lowest BCUT2D eigenvalue weighted by molar-refractivity contribution is -0.127. The standard InChI is InChI=1S/C7H9NO3/c1-5-6(3-10-4-9)2-7(8)11-5/h4,8H,2-3H2,1H3. The summed E-state index contributed by atoms with van der Waals surface area (Å²) in [6, 6.07) is 0. The molecule has 0 aromatic carbocycles. The van der Waals surface area contributed by atoms with Crippen LogP contribution in [0.3, 0.4) is 0 Å². The van der Waals surface area contributed by atoms with Crippen molar-refractivity contribution < 1.29 is 14.3 Å². The number of carbonyl (C=O) groups is 1. The molecular weight excluding hydrogens is 146 g/mol. The predicted octanol–water partition coefficient (Wildman–Crippen LogP) is 0.831. The maximum Gasteiger partial charge on any atom is 0.293 e. The van der Waals surface area contributed by atoms with Gasteiger partial charge in [0.2, 0.25) is 0 Å². The van der Waals surface area contributed by atoms with E-state index in [1.807, 2.05) is 0 Å². The quantitative estimate of drug-likeness (QED) is 0.614. The zero-order valence-corrected chi connectivity index (χ0v) is 6.22. The molecule has 0 fully saturated rings. The number of carbonyl (C=O) groups excluding carboxylic acids is 1. The van der Waals surface area contributed by atoms with E-state index in [1.165, 1.54) is 0 Å². The molecule has 1 rings (SSSR count). The van der Waals surface area contributed by atoms with Crippen molar-refractivity contribution in [1.82, 2.24) is 0 Å². The van der Waals surface area contributed by atoms with Crippen molar-refractivity contribution >= 4 is 12.4 Å². The molecule has 4 nitrogen and oxygen atoms in total. The maximum atomic E-state index is 9.81. The highest BCUT2D eigenvalue weighted by atomic mass is 16.5. The summed E-state index contributed by atoms with van der Waals surface area (Å²) in [7, 11) is 0. The molecule has 4 heteroatoms. The van der Waals surface area contributed by atoms with Gasteiger partial charge < -0.3 is 9.47 Å². The first kappa shape index (κ1) is 7.78. The molecule has 0 saturated heterocycles. The summed E-state index contributed by atoms with van der Waals surface area (Å²) in [6.45, 7) is 2.38. The van der Waals surface area contributed by atoms with Gasteiger partial charge in [0.05, 0.1) is 6.42 Å². The molecule has 60 valence electrons. The fourth-order valence-corrected chi connectivity index (χ4v) is 0.899. The molecule has 0 saturated carbocycles. The van der Waals surface area contributed by atoms with Crippen LogP contribution in [-0.4, -0.2) is 19.0 Å². The van der Waals surface area contributed by atoms with Crippen molar-refractivity contribution in [3.8, 4) is 0 Å². The third kappa shape index (κ3) is 1.80. The molecule has 0 aromatic rings. The highest BCUT2D eigenvalue weighted by Gasteiger charge is 2.17. The van der Waals surface area contributed by atoms with E-state index in [0.29, 0.717) is 18.7 Å². The van der Waals surface area contributed by atoms with Gasteiger partial charge in [-0.2, -0.15) is 0 Å². The smallest absolute Gasteiger partial charge is 0.293 e. The van der Waals surface area contributed by atoms with E-state index >= 15 is 0 Å². The molecule has 0 aliphatic carbocycles. The third-order valence-electron chi connectivity index (χ3n) is 1.47. The van der Waals surface area contributed by atoms with Gasteiger partial charge in [0.15, 0.2) is 5.90 Å². The van der Waals surface area contributed by atoms with Gasteiger partial charge in [0, 0.05) is 5.57 Å². The van der Waals surface area contributed by atoms with Crippen LogP contribution in [-0.2, 0) is 14.3 Å². The van der Waals surface area contributed by atoms with Crippen molar-refractivity contribution in [3.05, 3.63) is 11.3 Å². The van der Waals surface area contributed by atoms with Crippen LogP contribution < -0.4 is 0 Å². The first-order valence-electron chi connectivity index (χ1n) is 3.23. The van der Waals surface area contributed by atoms with Crippen LogP contribution in [0.4, 0.5) is 0 Å². The lowest BCUT2D eigenvalue weighted by Gasteiger charge is -1.96. The summed E-state index contributed by atoms with van der Waals surface area (Å²) >= 11 is 0. The second-order valence-corrected chi connectivity index (χ2v) is 2.27.